The Hall–Kier alpha value is -6.02. The highest BCUT2D eigenvalue weighted by Gasteiger charge is 2.45. The lowest BCUT2D eigenvalue weighted by atomic mass is 9.84. The van der Waals surface area contributed by atoms with Crippen molar-refractivity contribution in [2.45, 2.75) is 105 Å². The van der Waals surface area contributed by atoms with Crippen LogP contribution in [0.3, 0.4) is 0 Å². The van der Waals surface area contributed by atoms with Gasteiger partial charge < -0.3 is 35.4 Å². The first-order chi connectivity index (χ1) is 29.2. The minimum atomic E-state index is -1.25. The van der Waals surface area contributed by atoms with E-state index in [1.54, 1.807) is 43.7 Å². The van der Waals surface area contributed by atoms with Crippen LogP contribution in [0.1, 0.15) is 70.5 Å². The van der Waals surface area contributed by atoms with Crippen LogP contribution < -0.4 is 15.4 Å². The topological polar surface area (TPSA) is 178 Å². The molecule has 5 atom stereocenters. The van der Waals surface area contributed by atoms with E-state index in [2.05, 4.69) is 20.6 Å². The number of aryl methyl sites for hydroxylation is 1. The summed E-state index contributed by atoms with van der Waals surface area (Å²) in [6, 6.07) is 24.7. The number of likely N-dealkylation sites (N-methyl/N-ethyl adjacent to an activating group) is 1. The molecule has 62 heavy (non-hydrogen) atoms. The highest BCUT2D eigenvalue weighted by atomic mass is 16.5. The van der Waals surface area contributed by atoms with Crippen LogP contribution in [0.25, 0.3) is 11.3 Å². The van der Waals surface area contributed by atoms with Crippen LogP contribution in [0.2, 0.25) is 0 Å². The average Bonchev–Trinajstić information content (AvgIpc) is 3.54. The van der Waals surface area contributed by atoms with Gasteiger partial charge in [0, 0.05) is 43.5 Å². The standard InChI is InChI=1S/C48H63N7O7/c1-31-15-13-18-35(49-31)30-54-25-26-55(45(54)59)42(48(5,6)7)44(58)52-38(28-32-16-11-10-12-17-32)39(56)29-36(50-43(57)41(47(2,3)4)53(8)46(60)61)27-33-21-23-34(24-22-33)37-19-14-20-40(51-37)62-9/h10-24,36,38-39,41-42,56H,25-30H2,1-9H3,(H,50,57)(H,52,58)(H,60,61)/t36-,38-,39-,41+,42+/m0/s1. The largest absolute Gasteiger partial charge is 0.481 e. The fourth-order valence-electron chi connectivity index (χ4n) is 8.26. The Balaban J connectivity index is 1.43. The van der Waals surface area contributed by atoms with Crippen molar-refractivity contribution in [2.24, 2.45) is 10.8 Å². The number of aliphatic hydroxyl groups excluding tert-OH is 1. The van der Waals surface area contributed by atoms with E-state index in [9.17, 15) is 29.4 Å². The fraction of sp³-hybridized carbons (Fsp3) is 0.458. The molecule has 2 aromatic heterocycles. The summed E-state index contributed by atoms with van der Waals surface area (Å²) >= 11 is 0. The molecule has 4 aromatic rings. The van der Waals surface area contributed by atoms with Gasteiger partial charge >= 0.3 is 12.1 Å². The zero-order chi connectivity index (χ0) is 45.4. The molecular formula is C48H63N7O7. The smallest absolute Gasteiger partial charge is 0.407 e. The second kappa shape index (κ2) is 20.2. The number of aromatic nitrogens is 2. The summed E-state index contributed by atoms with van der Waals surface area (Å²) < 4.78 is 5.31. The summed E-state index contributed by atoms with van der Waals surface area (Å²) in [6.45, 7) is 14.1. The van der Waals surface area contributed by atoms with Crippen molar-refractivity contribution in [3.05, 3.63) is 114 Å². The number of hydrogen-bond acceptors (Lipinski definition) is 8. The van der Waals surface area contributed by atoms with Gasteiger partial charge in [-0.1, -0.05) is 108 Å². The normalized spacial score (nSPS) is 15.6. The monoisotopic (exact) mass is 849 g/mol. The van der Waals surface area contributed by atoms with Crippen molar-refractivity contribution in [3.8, 4) is 17.1 Å². The summed E-state index contributed by atoms with van der Waals surface area (Å²) in [5.74, 6) is -0.426. The molecule has 1 fully saturated rings. The molecule has 5 rings (SSSR count). The number of amides is 5. The van der Waals surface area contributed by atoms with Crippen molar-refractivity contribution in [2.75, 3.05) is 27.2 Å². The van der Waals surface area contributed by atoms with Gasteiger partial charge in [0.15, 0.2) is 0 Å². The number of aliphatic hydroxyl groups is 1. The first kappa shape index (κ1) is 47.0. The first-order valence-electron chi connectivity index (χ1n) is 21.1. The third-order valence-electron chi connectivity index (χ3n) is 11.2. The summed E-state index contributed by atoms with van der Waals surface area (Å²) in [4.78, 5) is 68.3. The molecule has 0 unspecified atom stereocenters. The molecule has 4 N–H and O–H groups in total. The van der Waals surface area contributed by atoms with Crippen molar-refractivity contribution >= 4 is 23.9 Å². The molecule has 1 saturated heterocycles. The lowest BCUT2D eigenvalue weighted by Crippen LogP contribution is -2.59. The lowest BCUT2D eigenvalue weighted by Gasteiger charge is -2.38. The second-order valence-corrected chi connectivity index (χ2v) is 18.4. The van der Waals surface area contributed by atoms with Crippen LogP contribution in [0, 0.1) is 17.8 Å². The van der Waals surface area contributed by atoms with Gasteiger partial charge in [-0.3, -0.25) is 19.5 Å². The van der Waals surface area contributed by atoms with Crippen molar-refractivity contribution < 1.29 is 34.1 Å². The van der Waals surface area contributed by atoms with Gasteiger partial charge in [0.05, 0.1) is 37.2 Å². The van der Waals surface area contributed by atoms with Gasteiger partial charge in [-0.15, -0.1) is 0 Å². The fourth-order valence-corrected chi connectivity index (χ4v) is 8.26. The minimum absolute atomic E-state index is 0.0104. The van der Waals surface area contributed by atoms with Gasteiger partial charge in [0.1, 0.15) is 12.1 Å². The molecule has 14 nitrogen and oxygen atoms in total. The molecule has 332 valence electrons. The number of hydrogen-bond donors (Lipinski definition) is 4. The first-order valence-corrected chi connectivity index (χ1v) is 21.1. The molecule has 0 aliphatic carbocycles. The maximum Gasteiger partial charge on any atom is 0.407 e. The van der Waals surface area contributed by atoms with Crippen LogP contribution in [-0.2, 0) is 29.0 Å². The van der Waals surface area contributed by atoms with Gasteiger partial charge in [-0.2, -0.15) is 0 Å². The molecule has 0 saturated carbocycles. The Labute approximate surface area is 365 Å². The van der Waals surface area contributed by atoms with E-state index in [4.69, 9.17) is 4.74 Å². The lowest BCUT2D eigenvalue weighted by molar-refractivity contribution is -0.131. The number of rotatable bonds is 17. The van der Waals surface area contributed by atoms with E-state index in [1.807, 2.05) is 113 Å². The highest BCUT2D eigenvalue weighted by molar-refractivity contribution is 5.89. The van der Waals surface area contributed by atoms with E-state index >= 15 is 0 Å². The molecule has 1 aliphatic rings. The van der Waals surface area contributed by atoms with Gasteiger partial charge in [0.25, 0.3) is 0 Å². The number of nitrogens with zero attached hydrogens (tertiary/aromatic N) is 5. The van der Waals surface area contributed by atoms with Gasteiger partial charge in [0.2, 0.25) is 17.7 Å². The number of urea groups is 1. The highest BCUT2D eigenvalue weighted by Crippen LogP contribution is 2.30. The maximum atomic E-state index is 14.6. The second-order valence-electron chi connectivity index (χ2n) is 18.4. The third-order valence-corrected chi connectivity index (χ3v) is 11.2. The Morgan fingerprint density at radius 2 is 1.47 bits per heavy atom. The molecule has 14 heteroatoms. The molecule has 5 amide bonds. The predicted molar refractivity (Wildman–Crippen MR) is 238 cm³/mol. The minimum Gasteiger partial charge on any atom is -0.481 e. The number of nitrogens with one attached hydrogen (secondary N) is 2. The molecule has 3 heterocycles. The third kappa shape index (κ3) is 12.3. The van der Waals surface area contributed by atoms with Crippen LogP contribution >= 0.6 is 0 Å². The Kier molecular flexibility index (Phi) is 15.4. The molecular weight excluding hydrogens is 787 g/mol. The van der Waals surface area contributed by atoms with Gasteiger partial charge in [-0.05, 0) is 66.3 Å². The summed E-state index contributed by atoms with van der Waals surface area (Å²) in [6.07, 6.45) is -1.87. The number of methoxy groups -OCH3 is 1. The molecule has 0 radical (unpaired) electrons. The van der Waals surface area contributed by atoms with E-state index in [0.29, 0.717) is 25.5 Å². The van der Waals surface area contributed by atoms with Crippen molar-refractivity contribution in [1.82, 2.24) is 35.3 Å². The summed E-state index contributed by atoms with van der Waals surface area (Å²) in [5, 5.41) is 28.4. The Bertz CT molecular complexity index is 2150. The summed E-state index contributed by atoms with van der Waals surface area (Å²) in [5.41, 5.74) is 3.47. The molecule has 0 bridgehead atoms. The zero-order valence-electron chi connectivity index (χ0n) is 37.5. The number of carbonyl (C=O) groups excluding carboxylic acids is 3. The van der Waals surface area contributed by atoms with E-state index in [0.717, 1.165) is 38.7 Å². The zero-order valence-corrected chi connectivity index (χ0v) is 37.5. The van der Waals surface area contributed by atoms with E-state index < -0.39 is 59.0 Å². The number of ether oxygens (including phenoxy) is 1. The van der Waals surface area contributed by atoms with Crippen LogP contribution in [0.5, 0.6) is 5.88 Å². The number of pyridine rings is 2. The van der Waals surface area contributed by atoms with Crippen molar-refractivity contribution in [1.29, 1.82) is 0 Å². The maximum absolute atomic E-state index is 14.6. The predicted octanol–water partition coefficient (Wildman–Crippen LogP) is 6.34. The van der Waals surface area contributed by atoms with Crippen LogP contribution in [0.4, 0.5) is 9.59 Å². The Morgan fingerprint density at radius 1 is 0.806 bits per heavy atom. The van der Waals surface area contributed by atoms with Crippen molar-refractivity contribution in [3.63, 3.8) is 0 Å². The van der Waals surface area contributed by atoms with Crippen LogP contribution in [-0.4, -0.2) is 116 Å². The average molecular weight is 850 g/mol. The van der Waals surface area contributed by atoms with E-state index in [-0.39, 0.29) is 25.3 Å². The summed E-state index contributed by atoms with van der Waals surface area (Å²) in [7, 11) is 2.93. The van der Waals surface area contributed by atoms with E-state index in [1.165, 1.54) is 7.05 Å². The quantitative estimate of drug-likeness (QED) is 0.0944. The number of benzene rings is 2. The number of carbonyl (C=O) groups is 4. The van der Waals surface area contributed by atoms with Gasteiger partial charge in [-0.25, -0.2) is 14.6 Å². The SMILES string of the molecule is COc1cccc(-c2ccc(C[C@@H](C[C@H](O)[C@H](Cc3ccccc3)NC(=O)[C@@H](N3CCN(Cc4cccc(C)n4)C3=O)C(C)(C)C)NC(=O)[C@@H](N(C)C(=O)O)C(C)(C)C)cc2)n1. The molecule has 1 aliphatic heterocycles. The Morgan fingerprint density at radius 3 is 2.08 bits per heavy atom. The van der Waals surface area contributed by atoms with Crippen LogP contribution in [0.15, 0.2) is 91.0 Å². The molecule has 0 spiro atoms. The number of carboxylic acid groups (broad SMARTS) is 1. The molecule has 2 aromatic carbocycles.